The van der Waals surface area contributed by atoms with Crippen LogP contribution in [0, 0.1) is 0 Å². The van der Waals surface area contributed by atoms with E-state index < -0.39 is 29.0 Å². The minimum absolute atomic E-state index is 0.105. The number of alkyl halides is 2. The topological polar surface area (TPSA) is 119 Å². The predicted molar refractivity (Wildman–Crippen MR) is 190 cm³/mol. The van der Waals surface area contributed by atoms with Gasteiger partial charge in [-0.3, -0.25) is 4.79 Å². The lowest BCUT2D eigenvalue weighted by Crippen LogP contribution is -2.39. The van der Waals surface area contributed by atoms with Gasteiger partial charge in [-0.25, -0.2) is 9.97 Å². The monoisotopic (exact) mass is 740 g/mol. The number of fused-ring (bicyclic) bond motifs is 1. The SMILES string of the molecule is CS(=O)(=O)ON(CCn1ccc2ncnc(Nc3ccc(OC4=CN(Cc5ccccc5)S(Cc5ccccc5)=C4)c(Cl)c3)c21)C(=O)C(F)F. The van der Waals surface area contributed by atoms with Crippen LogP contribution in [0.15, 0.2) is 109 Å². The molecule has 6 rings (SSSR count). The molecule has 50 heavy (non-hydrogen) atoms. The summed E-state index contributed by atoms with van der Waals surface area (Å²) in [5.41, 5.74) is 3.97. The zero-order valence-electron chi connectivity index (χ0n) is 26.5. The Kier molecular flexibility index (Phi) is 10.8. The van der Waals surface area contributed by atoms with E-state index in [9.17, 15) is 22.0 Å². The van der Waals surface area contributed by atoms with E-state index in [2.05, 4.69) is 53.5 Å². The van der Waals surface area contributed by atoms with Crippen molar-refractivity contribution >= 4 is 66.2 Å². The Labute approximate surface area is 294 Å². The lowest BCUT2D eigenvalue weighted by molar-refractivity contribution is -0.169. The Morgan fingerprint density at radius 1 is 1.02 bits per heavy atom. The zero-order chi connectivity index (χ0) is 35.3. The molecule has 1 aliphatic heterocycles. The molecule has 0 bridgehead atoms. The fraction of sp³-hybridized carbons (Fsp3) is 0.176. The molecule has 1 aliphatic rings. The van der Waals surface area contributed by atoms with Crippen molar-refractivity contribution < 1.29 is 31.0 Å². The summed E-state index contributed by atoms with van der Waals surface area (Å²) in [6.07, 6.45) is 2.17. The van der Waals surface area contributed by atoms with Crippen LogP contribution in [0.4, 0.5) is 20.3 Å². The maximum Gasteiger partial charge on any atom is 0.317 e. The van der Waals surface area contributed by atoms with Gasteiger partial charge in [0.25, 0.3) is 10.1 Å². The summed E-state index contributed by atoms with van der Waals surface area (Å²) in [7, 11) is -4.50. The van der Waals surface area contributed by atoms with Crippen LogP contribution in [-0.2, 0) is 38.0 Å². The predicted octanol–water partition coefficient (Wildman–Crippen LogP) is 6.74. The molecule has 0 saturated carbocycles. The van der Waals surface area contributed by atoms with Gasteiger partial charge in [0, 0.05) is 29.5 Å². The first-order valence-corrected chi connectivity index (χ1v) is 18.8. The second kappa shape index (κ2) is 15.4. The molecule has 260 valence electrons. The standard InChI is InChI=1S/C34H31ClF2N6O5S2/c1-50(45,46)48-43(34(44)32(36)37)17-16-41-15-14-29-31(41)33(39-23-38-29)40-26-12-13-30(28(35)18-26)47-27-20-42(19-24-8-4-2-5-9-24)49(22-27)21-25-10-6-3-7-11-25/h2-15,18,20,22-23,32H,16-17,19,21H2,1H3,(H,38,39,40). The number of allylic oxidation sites excluding steroid dienone is 1. The highest BCUT2D eigenvalue weighted by Gasteiger charge is 2.28. The highest BCUT2D eigenvalue weighted by molar-refractivity contribution is 8.12. The van der Waals surface area contributed by atoms with Crippen molar-refractivity contribution in [2.45, 2.75) is 25.3 Å². The molecule has 5 aromatic rings. The van der Waals surface area contributed by atoms with Gasteiger partial charge in [-0.2, -0.15) is 22.3 Å². The van der Waals surface area contributed by atoms with Crippen LogP contribution in [0.25, 0.3) is 11.0 Å². The maximum atomic E-state index is 13.1. The summed E-state index contributed by atoms with van der Waals surface area (Å²) in [4.78, 5) is 20.5. The van der Waals surface area contributed by atoms with Crippen LogP contribution in [0.2, 0.25) is 5.02 Å². The van der Waals surface area contributed by atoms with Crippen molar-refractivity contribution in [3.63, 3.8) is 0 Å². The molecule has 0 radical (unpaired) electrons. The van der Waals surface area contributed by atoms with E-state index >= 15 is 0 Å². The van der Waals surface area contributed by atoms with Crippen molar-refractivity contribution in [2.24, 2.45) is 0 Å². The van der Waals surface area contributed by atoms with E-state index in [4.69, 9.17) is 16.3 Å². The molecule has 3 heterocycles. The minimum atomic E-state index is -4.24. The van der Waals surface area contributed by atoms with E-state index in [1.54, 1.807) is 35.0 Å². The first-order valence-electron chi connectivity index (χ1n) is 15.2. The van der Waals surface area contributed by atoms with Crippen LogP contribution < -0.4 is 10.1 Å². The molecule has 0 aliphatic carbocycles. The quantitative estimate of drug-likeness (QED) is 0.0976. The Hall–Kier alpha value is -4.83. The fourth-order valence-electron chi connectivity index (χ4n) is 5.14. The van der Waals surface area contributed by atoms with Gasteiger partial charge in [-0.05, 0) is 35.4 Å². The van der Waals surface area contributed by atoms with E-state index in [1.807, 2.05) is 42.6 Å². The van der Waals surface area contributed by atoms with E-state index in [0.717, 1.165) is 12.3 Å². The van der Waals surface area contributed by atoms with Crippen molar-refractivity contribution in [3.8, 4) is 5.75 Å². The molecule has 1 unspecified atom stereocenters. The third-order valence-electron chi connectivity index (χ3n) is 7.34. The number of halogens is 3. The molecule has 3 aromatic carbocycles. The minimum Gasteiger partial charge on any atom is -0.454 e. The highest BCUT2D eigenvalue weighted by Crippen LogP contribution is 2.36. The molecule has 16 heteroatoms. The van der Waals surface area contributed by atoms with Gasteiger partial charge < -0.3 is 18.9 Å². The van der Waals surface area contributed by atoms with E-state index in [-0.39, 0.29) is 22.3 Å². The van der Waals surface area contributed by atoms with Crippen molar-refractivity contribution in [1.82, 2.24) is 23.9 Å². The summed E-state index contributed by atoms with van der Waals surface area (Å²) >= 11 is 6.71. The number of benzene rings is 3. The summed E-state index contributed by atoms with van der Waals surface area (Å²) in [6, 6.07) is 27.4. The number of ether oxygens (including phenoxy) is 1. The summed E-state index contributed by atoms with van der Waals surface area (Å²) < 4.78 is 64.1. The molecule has 1 atom stereocenters. The molecule has 2 aromatic heterocycles. The van der Waals surface area contributed by atoms with Crippen LogP contribution in [0.5, 0.6) is 5.75 Å². The largest absolute Gasteiger partial charge is 0.454 e. The number of hydrogen-bond donors (Lipinski definition) is 1. The average Bonchev–Trinajstić information content (AvgIpc) is 3.68. The first kappa shape index (κ1) is 35.0. The third kappa shape index (κ3) is 8.84. The number of carbonyl (C=O) groups is 1. The summed E-state index contributed by atoms with van der Waals surface area (Å²) in [6.45, 7) is 0.123. The average molecular weight is 741 g/mol. The lowest BCUT2D eigenvalue weighted by Gasteiger charge is -2.21. The number of aromatic nitrogens is 3. The molecular weight excluding hydrogens is 710 g/mol. The number of carbonyl (C=O) groups excluding carboxylic acids is 1. The lowest BCUT2D eigenvalue weighted by atomic mass is 10.2. The molecule has 11 nitrogen and oxygen atoms in total. The number of rotatable bonds is 14. The number of amides is 1. The van der Waals surface area contributed by atoms with Crippen molar-refractivity contribution in [1.29, 1.82) is 0 Å². The Morgan fingerprint density at radius 2 is 1.74 bits per heavy atom. The third-order valence-corrected chi connectivity index (χ3v) is 10.1. The van der Waals surface area contributed by atoms with Gasteiger partial charge in [-0.1, -0.05) is 82.9 Å². The van der Waals surface area contributed by atoms with Gasteiger partial charge in [0.05, 0.1) is 36.1 Å². The Bertz CT molecular complexity index is 2170. The van der Waals surface area contributed by atoms with Crippen molar-refractivity contribution in [2.75, 3.05) is 18.1 Å². The van der Waals surface area contributed by atoms with Gasteiger partial charge in [0.2, 0.25) is 0 Å². The van der Waals surface area contributed by atoms with Gasteiger partial charge >= 0.3 is 12.3 Å². The number of hydroxylamine groups is 2. The number of anilines is 2. The first-order chi connectivity index (χ1) is 24.0. The summed E-state index contributed by atoms with van der Waals surface area (Å²) in [5, 5.41) is 5.78. The zero-order valence-corrected chi connectivity index (χ0v) is 28.9. The van der Waals surface area contributed by atoms with Crippen LogP contribution >= 0.6 is 22.3 Å². The van der Waals surface area contributed by atoms with Crippen LogP contribution in [0.3, 0.4) is 0 Å². The van der Waals surface area contributed by atoms with Gasteiger partial charge in [-0.15, -0.1) is 4.28 Å². The van der Waals surface area contributed by atoms with E-state index in [0.29, 0.717) is 45.3 Å². The highest BCUT2D eigenvalue weighted by atomic mass is 35.5. The molecule has 0 saturated heterocycles. The van der Waals surface area contributed by atoms with E-state index in [1.165, 1.54) is 17.5 Å². The number of nitrogens with zero attached hydrogens (tertiary/aromatic N) is 5. The molecule has 0 spiro atoms. The molecule has 1 N–H and O–H groups in total. The summed E-state index contributed by atoms with van der Waals surface area (Å²) in [5.74, 6) is 0.538. The Balaban J connectivity index is 1.19. The molecule has 1 amide bonds. The normalized spacial score (nSPS) is 14.5. The van der Waals surface area contributed by atoms with Gasteiger partial charge in [0.1, 0.15) is 17.6 Å². The smallest absolute Gasteiger partial charge is 0.317 e. The second-order valence-electron chi connectivity index (χ2n) is 11.1. The fourth-order valence-corrected chi connectivity index (χ4v) is 7.69. The molecular formula is C34H31ClF2N6O5S2. The van der Waals surface area contributed by atoms with Crippen molar-refractivity contribution in [3.05, 3.63) is 126 Å². The van der Waals surface area contributed by atoms with Crippen LogP contribution in [-0.4, -0.2) is 62.8 Å². The Morgan fingerprint density at radius 3 is 2.42 bits per heavy atom. The molecule has 0 fully saturated rings. The van der Waals surface area contributed by atoms with Crippen LogP contribution in [0.1, 0.15) is 11.1 Å². The maximum absolute atomic E-state index is 13.1. The number of hydrogen-bond acceptors (Lipinski definition) is 9. The number of nitrogens with one attached hydrogen (secondary N) is 1. The second-order valence-corrected chi connectivity index (χ2v) is 14.9. The van der Waals surface area contributed by atoms with Gasteiger partial charge in [0.15, 0.2) is 11.6 Å².